The maximum Gasteiger partial charge on any atom is 0.135 e. The fraction of sp³-hybridized carbons (Fsp3) is 0.500. The van der Waals surface area contributed by atoms with Crippen LogP contribution in [0, 0.1) is 0 Å². The molecule has 2 aromatic rings. The summed E-state index contributed by atoms with van der Waals surface area (Å²) < 4.78 is 8.40. The highest BCUT2D eigenvalue weighted by molar-refractivity contribution is 9.10. The summed E-state index contributed by atoms with van der Waals surface area (Å²) in [6.45, 7) is 2.28. The molecule has 3 heterocycles. The van der Waals surface area contributed by atoms with Crippen molar-refractivity contribution in [1.82, 2.24) is 14.3 Å². The minimum Gasteiger partial charge on any atom is -0.495 e. The van der Waals surface area contributed by atoms with Crippen LogP contribution in [0.5, 0.6) is 5.75 Å². The number of ether oxygens (including phenoxy) is 1. The molecule has 4 nitrogen and oxygen atoms in total. The Hall–Kier alpha value is -1.07. The first-order valence-corrected chi connectivity index (χ1v) is 7.38. The summed E-state index contributed by atoms with van der Waals surface area (Å²) >= 11 is 3.56. The zero-order chi connectivity index (χ0) is 13.4. The Labute approximate surface area is 121 Å². The lowest BCUT2D eigenvalue weighted by Crippen LogP contribution is -2.29. The van der Waals surface area contributed by atoms with Gasteiger partial charge in [0.25, 0.3) is 0 Å². The summed E-state index contributed by atoms with van der Waals surface area (Å²) in [4.78, 5) is 7.10. The van der Waals surface area contributed by atoms with Crippen molar-refractivity contribution in [2.24, 2.45) is 0 Å². The Morgan fingerprint density at radius 2 is 2.05 bits per heavy atom. The van der Waals surface area contributed by atoms with E-state index in [2.05, 4.69) is 32.3 Å². The molecule has 0 saturated carbocycles. The molecule has 3 rings (SSSR count). The fourth-order valence-corrected chi connectivity index (χ4v) is 3.23. The number of halogens is 1. The van der Waals surface area contributed by atoms with Gasteiger partial charge in [0, 0.05) is 5.92 Å². The third-order valence-corrected chi connectivity index (χ3v) is 4.50. The van der Waals surface area contributed by atoms with E-state index >= 15 is 0 Å². The van der Waals surface area contributed by atoms with Gasteiger partial charge in [-0.1, -0.05) is 0 Å². The van der Waals surface area contributed by atoms with E-state index in [0.717, 1.165) is 34.8 Å². The molecule has 2 aromatic heterocycles. The number of methoxy groups -OCH3 is 1. The van der Waals surface area contributed by atoms with Crippen molar-refractivity contribution < 1.29 is 4.74 Å². The van der Waals surface area contributed by atoms with Crippen LogP contribution < -0.4 is 4.74 Å². The molecule has 0 aromatic carbocycles. The average molecular weight is 324 g/mol. The number of piperidine rings is 1. The van der Waals surface area contributed by atoms with Gasteiger partial charge in [-0.05, 0) is 61.0 Å². The maximum atomic E-state index is 5.32. The van der Waals surface area contributed by atoms with E-state index in [9.17, 15) is 0 Å². The Bertz CT molecular complexity index is 588. The second-order valence-corrected chi connectivity index (χ2v) is 5.91. The molecule has 1 fully saturated rings. The standard InChI is InChI=1S/C14H18BrN3O/c1-17-7-5-10(6-8-17)14-16-13(15)12-4-3-11(19-2)9-18(12)14/h3-4,9-10H,5-8H2,1-2H3. The molecule has 0 amide bonds. The van der Waals surface area contributed by atoms with Crippen molar-refractivity contribution in [3.63, 3.8) is 0 Å². The van der Waals surface area contributed by atoms with Gasteiger partial charge in [-0.15, -0.1) is 0 Å². The molecule has 0 unspecified atom stereocenters. The molecule has 0 atom stereocenters. The highest BCUT2D eigenvalue weighted by Crippen LogP contribution is 2.31. The summed E-state index contributed by atoms with van der Waals surface area (Å²) in [6, 6.07) is 4.02. The Balaban J connectivity index is 2.02. The lowest BCUT2D eigenvalue weighted by Gasteiger charge is -2.28. The monoisotopic (exact) mass is 323 g/mol. The van der Waals surface area contributed by atoms with Crippen LogP contribution in [0.25, 0.3) is 5.52 Å². The zero-order valence-electron chi connectivity index (χ0n) is 11.3. The second-order valence-electron chi connectivity index (χ2n) is 5.16. The number of rotatable bonds is 2. The van der Waals surface area contributed by atoms with Gasteiger partial charge in [0.1, 0.15) is 16.2 Å². The minimum atomic E-state index is 0.530. The van der Waals surface area contributed by atoms with Crippen LogP contribution >= 0.6 is 15.9 Å². The predicted molar refractivity (Wildman–Crippen MR) is 78.9 cm³/mol. The molecule has 0 radical (unpaired) electrons. The summed E-state index contributed by atoms with van der Waals surface area (Å²) in [6.07, 6.45) is 4.36. The average Bonchev–Trinajstić information content (AvgIpc) is 2.76. The van der Waals surface area contributed by atoms with Crippen molar-refractivity contribution in [1.29, 1.82) is 0 Å². The summed E-state index contributed by atoms with van der Waals surface area (Å²) in [5.74, 6) is 2.54. The van der Waals surface area contributed by atoms with Crippen LogP contribution in [-0.4, -0.2) is 41.5 Å². The smallest absolute Gasteiger partial charge is 0.135 e. The van der Waals surface area contributed by atoms with Crippen molar-refractivity contribution in [3.05, 3.63) is 28.8 Å². The number of fused-ring (bicyclic) bond motifs is 1. The van der Waals surface area contributed by atoms with E-state index in [4.69, 9.17) is 9.72 Å². The van der Waals surface area contributed by atoms with E-state index in [1.165, 1.54) is 12.8 Å². The van der Waals surface area contributed by atoms with Crippen molar-refractivity contribution in [3.8, 4) is 5.75 Å². The zero-order valence-corrected chi connectivity index (χ0v) is 12.9. The third-order valence-electron chi connectivity index (χ3n) is 3.91. The lowest BCUT2D eigenvalue weighted by molar-refractivity contribution is 0.250. The van der Waals surface area contributed by atoms with Crippen LogP contribution in [-0.2, 0) is 0 Å². The van der Waals surface area contributed by atoms with Gasteiger partial charge in [0.2, 0.25) is 0 Å². The molecule has 0 aliphatic carbocycles. The quantitative estimate of drug-likeness (QED) is 0.851. The number of pyridine rings is 1. The van der Waals surface area contributed by atoms with Crippen LogP contribution in [0.2, 0.25) is 0 Å². The Morgan fingerprint density at radius 1 is 1.32 bits per heavy atom. The molecular formula is C14H18BrN3O. The number of nitrogens with zero attached hydrogens (tertiary/aromatic N) is 3. The van der Waals surface area contributed by atoms with E-state index in [1.54, 1.807) is 7.11 Å². The highest BCUT2D eigenvalue weighted by Gasteiger charge is 2.23. The fourth-order valence-electron chi connectivity index (χ4n) is 2.73. The first kappa shape index (κ1) is 12.9. The molecule has 19 heavy (non-hydrogen) atoms. The molecule has 1 aliphatic rings. The molecule has 102 valence electrons. The molecule has 0 spiro atoms. The summed E-state index contributed by atoms with van der Waals surface area (Å²) in [7, 11) is 3.88. The third kappa shape index (κ3) is 2.37. The van der Waals surface area contributed by atoms with Gasteiger partial charge in [0.05, 0.1) is 18.8 Å². The van der Waals surface area contributed by atoms with Crippen LogP contribution in [0.3, 0.4) is 0 Å². The van der Waals surface area contributed by atoms with Gasteiger partial charge in [0.15, 0.2) is 0 Å². The van der Waals surface area contributed by atoms with Crippen molar-refractivity contribution in [2.45, 2.75) is 18.8 Å². The number of imidazole rings is 1. The minimum absolute atomic E-state index is 0.530. The van der Waals surface area contributed by atoms with Crippen LogP contribution in [0.4, 0.5) is 0 Å². The Kier molecular flexibility index (Phi) is 3.50. The van der Waals surface area contributed by atoms with Crippen molar-refractivity contribution >= 4 is 21.4 Å². The first-order chi connectivity index (χ1) is 9.19. The number of likely N-dealkylation sites (tertiary alicyclic amines) is 1. The normalized spacial score (nSPS) is 18.1. The van der Waals surface area contributed by atoms with Crippen LogP contribution in [0.1, 0.15) is 24.6 Å². The van der Waals surface area contributed by atoms with E-state index < -0.39 is 0 Å². The van der Waals surface area contributed by atoms with Gasteiger partial charge >= 0.3 is 0 Å². The number of hydrogen-bond donors (Lipinski definition) is 0. The maximum absolute atomic E-state index is 5.32. The van der Waals surface area contributed by atoms with Crippen molar-refractivity contribution in [2.75, 3.05) is 27.2 Å². The Morgan fingerprint density at radius 3 is 2.74 bits per heavy atom. The number of aromatic nitrogens is 2. The molecule has 1 aliphatic heterocycles. The highest BCUT2D eigenvalue weighted by atomic mass is 79.9. The number of hydrogen-bond acceptors (Lipinski definition) is 3. The predicted octanol–water partition coefficient (Wildman–Crippen LogP) is 2.91. The van der Waals surface area contributed by atoms with Gasteiger partial charge < -0.3 is 9.64 Å². The van der Waals surface area contributed by atoms with E-state index in [1.807, 2.05) is 18.3 Å². The molecular weight excluding hydrogens is 306 g/mol. The van der Waals surface area contributed by atoms with Gasteiger partial charge in [-0.2, -0.15) is 0 Å². The molecule has 0 N–H and O–H groups in total. The molecule has 5 heteroatoms. The second kappa shape index (κ2) is 5.13. The topological polar surface area (TPSA) is 29.8 Å². The summed E-state index contributed by atoms with van der Waals surface area (Å²) in [5, 5.41) is 0. The molecule has 0 bridgehead atoms. The van der Waals surface area contributed by atoms with E-state index in [0.29, 0.717) is 5.92 Å². The first-order valence-electron chi connectivity index (χ1n) is 6.59. The van der Waals surface area contributed by atoms with Gasteiger partial charge in [-0.25, -0.2) is 4.98 Å². The molecule has 1 saturated heterocycles. The van der Waals surface area contributed by atoms with E-state index in [-0.39, 0.29) is 0 Å². The van der Waals surface area contributed by atoms with Gasteiger partial charge in [-0.3, -0.25) is 4.40 Å². The lowest BCUT2D eigenvalue weighted by atomic mass is 9.96. The largest absolute Gasteiger partial charge is 0.495 e. The summed E-state index contributed by atoms with van der Waals surface area (Å²) in [5.41, 5.74) is 1.11. The van der Waals surface area contributed by atoms with Crippen LogP contribution in [0.15, 0.2) is 22.9 Å². The SMILES string of the molecule is COc1ccc2c(Br)nc(C3CCN(C)CC3)n2c1.